The van der Waals surface area contributed by atoms with E-state index in [-0.39, 0.29) is 5.91 Å². The molecular formula is C24H20N2O2S. The summed E-state index contributed by atoms with van der Waals surface area (Å²) in [6.45, 7) is 2.55. The van der Waals surface area contributed by atoms with E-state index < -0.39 is 0 Å². The first-order valence-corrected chi connectivity index (χ1v) is 10.2. The van der Waals surface area contributed by atoms with E-state index in [1.807, 2.05) is 97.9 Å². The van der Waals surface area contributed by atoms with Crippen LogP contribution in [0.3, 0.4) is 0 Å². The molecule has 0 unspecified atom stereocenters. The average molecular weight is 401 g/mol. The first-order chi connectivity index (χ1) is 14.2. The molecule has 0 N–H and O–H groups in total. The van der Waals surface area contributed by atoms with Crippen LogP contribution in [-0.4, -0.2) is 17.7 Å². The van der Waals surface area contributed by atoms with Gasteiger partial charge in [0.25, 0.3) is 5.91 Å². The Hall–Kier alpha value is -3.31. The third-order valence-electron chi connectivity index (χ3n) is 4.27. The van der Waals surface area contributed by atoms with Crippen molar-refractivity contribution >= 4 is 40.3 Å². The Labute approximate surface area is 174 Å². The van der Waals surface area contributed by atoms with E-state index in [9.17, 15) is 4.79 Å². The number of nitrogens with zero attached hydrogens (tertiary/aromatic N) is 2. The summed E-state index contributed by atoms with van der Waals surface area (Å²) in [6, 6.07) is 27.0. The van der Waals surface area contributed by atoms with Crippen LogP contribution in [0.2, 0.25) is 0 Å². The molecule has 144 valence electrons. The molecule has 1 aliphatic heterocycles. The fraction of sp³-hybridized carbons (Fsp3) is 0.0833. The van der Waals surface area contributed by atoms with Gasteiger partial charge in [0.1, 0.15) is 5.75 Å². The minimum atomic E-state index is -0.0855. The van der Waals surface area contributed by atoms with Gasteiger partial charge in [-0.3, -0.25) is 9.69 Å². The van der Waals surface area contributed by atoms with Crippen LogP contribution < -0.4 is 9.64 Å². The third kappa shape index (κ3) is 4.41. The Balaban J connectivity index is 1.73. The highest BCUT2D eigenvalue weighted by molar-refractivity contribution is 8.19. The van der Waals surface area contributed by atoms with Gasteiger partial charge < -0.3 is 4.74 Å². The lowest BCUT2D eigenvalue weighted by Crippen LogP contribution is -2.28. The number of thioether (sulfide) groups is 1. The Morgan fingerprint density at radius 1 is 0.966 bits per heavy atom. The third-order valence-corrected chi connectivity index (χ3v) is 5.24. The predicted octanol–water partition coefficient (Wildman–Crippen LogP) is 5.89. The zero-order chi connectivity index (χ0) is 20.1. The smallest absolute Gasteiger partial charge is 0.271 e. The van der Waals surface area contributed by atoms with Crippen molar-refractivity contribution < 1.29 is 9.53 Å². The Bertz CT molecular complexity index is 1060. The molecule has 1 heterocycles. The molecule has 1 saturated heterocycles. The van der Waals surface area contributed by atoms with Crippen molar-refractivity contribution in [3.63, 3.8) is 0 Å². The van der Waals surface area contributed by atoms with Crippen LogP contribution in [0.5, 0.6) is 5.75 Å². The van der Waals surface area contributed by atoms with Gasteiger partial charge in [-0.15, -0.1) is 0 Å². The number of aliphatic imine (C=N–C) groups is 1. The summed E-state index contributed by atoms with van der Waals surface area (Å²) >= 11 is 1.38. The topological polar surface area (TPSA) is 41.9 Å². The predicted molar refractivity (Wildman–Crippen MR) is 121 cm³/mol. The number of para-hydroxylation sites is 2. The summed E-state index contributed by atoms with van der Waals surface area (Å²) < 4.78 is 5.57. The monoisotopic (exact) mass is 400 g/mol. The van der Waals surface area contributed by atoms with Crippen molar-refractivity contribution in [1.82, 2.24) is 0 Å². The number of carbonyl (C=O) groups is 1. The molecule has 0 atom stereocenters. The fourth-order valence-electron chi connectivity index (χ4n) is 2.98. The van der Waals surface area contributed by atoms with Crippen LogP contribution in [0.15, 0.2) is 94.8 Å². The zero-order valence-electron chi connectivity index (χ0n) is 16.0. The molecule has 0 saturated carbocycles. The lowest BCUT2D eigenvalue weighted by atomic mass is 10.2. The molecule has 0 aliphatic carbocycles. The second-order valence-electron chi connectivity index (χ2n) is 6.32. The van der Waals surface area contributed by atoms with Crippen molar-refractivity contribution in [1.29, 1.82) is 0 Å². The number of amidine groups is 1. The maximum Gasteiger partial charge on any atom is 0.271 e. The number of ether oxygens (including phenoxy) is 1. The van der Waals surface area contributed by atoms with Crippen LogP contribution in [0, 0.1) is 0 Å². The van der Waals surface area contributed by atoms with E-state index in [4.69, 9.17) is 9.73 Å². The average Bonchev–Trinajstić information content (AvgIpc) is 3.04. The highest BCUT2D eigenvalue weighted by Gasteiger charge is 2.34. The molecule has 3 aromatic rings. The van der Waals surface area contributed by atoms with Crippen molar-refractivity contribution in [2.45, 2.75) is 6.92 Å². The van der Waals surface area contributed by atoms with E-state index >= 15 is 0 Å². The fourth-order valence-corrected chi connectivity index (χ4v) is 3.98. The van der Waals surface area contributed by atoms with Gasteiger partial charge in [0.2, 0.25) is 0 Å². The van der Waals surface area contributed by atoms with Gasteiger partial charge in [0.15, 0.2) is 5.17 Å². The van der Waals surface area contributed by atoms with E-state index in [1.54, 1.807) is 4.90 Å². The number of benzene rings is 3. The molecule has 3 aromatic carbocycles. The Kier molecular flexibility index (Phi) is 5.77. The minimum absolute atomic E-state index is 0.0855. The van der Waals surface area contributed by atoms with Gasteiger partial charge >= 0.3 is 0 Å². The van der Waals surface area contributed by atoms with Crippen molar-refractivity contribution in [2.75, 3.05) is 11.5 Å². The van der Waals surface area contributed by atoms with Crippen molar-refractivity contribution in [3.05, 3.63) is 95.4 Å². The molecular weight excluding hydrogens is 380 g/mol. The van der Waals surface area contributed by atoms with Crippen LogP contribution in [-0.2, 0) is 4.79 Å². The normalized spacial score (nSPS) is 16.6. The van der Waals surface area contributed by atoms with Gasteiger partial charge in [-0.2, -0.15) is 0 Å². The standard InChI is InChI=1S/C24H20N2O2S/c1-2-28-21-15-9-10-18(16-21)17-22-23(27)26(20-13-7-4-8-14-20)24(29-22)25-19-11-5-3-6-12-19/h3-17H,2H2,1H3/b22-17+,25-24?. The molecule has 1 aliphatic rings. The molecule has 0 spiro atoms. The van der Waals surface area contributed by atoms with Crippen LogP contribution in [0.4, 0.5) is 11.4 Å². The van der Waals surface area contributed by atoms with Gasteiger partial charge in [0, 0.05) is 0 Å². The maximum atomic E-state index is 13.2. The summed E-state index contributed by atoms with van der Waals surface area (Å²) in [6.07, 6.45) is 1.89. The second kappa shape index (κ2) is 8.80. The molecule has 4 nitrogen and oxygen atoms in total. The van der Waals surface area contributed by atoms with Crippen LogP contribution in [0.1, 0.15) is 12.5 Å². The van der Waals surface area contributed by atoms with Crippen molar-refractivity contribution in [2.24, 2.45) is 4.99 Å². The lowest BCUT2D eigenvalue weighted by molar-refractivity contribution is -0.113. The second-order valence-corrected chi connectivity index (χ2v) is 7.33. The quantitative estimate of drug-likeness (QED) is 0.501. The zero-order valence-corrected chi connectivity index (χ0v) is 16.8. The maximum absolute atomic E-state index is 13.2. The van der Waals surface area contributed by atoms with E-state index in [1.165, 1.54) is 11.8 Å². The van der Waals surface area contributed by atoms with Gasteiger partial charge in [-0.05, 0) is 66.7 Å². The summed E-state index contributed by atoms with van der Waals surface area (Å²) in [5, 5.41) is 0.639. The van der Waals surface area contributed by atoms with E-state index in [0.29, 0.717) is 16.7 Å². The van der Waals surface area contributed by atoms with Crippen LogP contribution in [0.25, 0.3) is 6.08 Å². The highest BCUT2D eigenvalue weighted by Crippen LogP contribution is 2.37. The molecule has 5 heteroatoms. The summed E-state index contributed by atoms with van der Waals surface area (Å²) in [7, 11) is 0. The Morgan fingerprint density at radius 2 is 1.69 bits per heavy atom. The number of rotatable bonds is 5. The molecule has 0 radical (unpaired) electrons. The number of hydrogen-bond acceptors (Lipinski definition) is 4. The van der Waals surface area contributed by atoms with Gasteiger partial charge in [-0.1, -0.05) is 48.5 Å². The van der Waals surface area contributed by atoms with Gasteiger partial charge in [0.05, 0.1) is 22.9 Å². The summed E-state index contributed by atoms with van der Waals surface area (Å²) in [5.74, 6) is 0.702. The lowest BCUT2D eigenvalue weighted by Gasteiger charge is -2.15. The number of amides is 1. The molecule has 4 rings (SSSR count). The van der Waals surface area contributed by atoms with E-state index in [2.05, 4.69) is 0 Å². The first-order valence-electron chi connectivity index (χ1n) is 9.40. The highest BCUT2D eigenvalue weighted by atomic mass is 32.2. The van der Waals surface area contributed by atoms with E-state index in [0.717, 1.165) is 22.7 Å². The number of carbonyl (C=O) groups excluding carboxylic acids is 1. The molecule has 1 fully saturated rings. The largest absolute Gasteiger partial charge is 0.494 e. The van der Waals surface area contributed by atoms with Crippen LogP contribution >= 0.6 is 11.8 Å². The Morgan fingerprint density at radius 3 is 2.41 bits per heavy atom. The SMILES string of the molecule is CCOc1cccc(/C=C2/SC(=Nc3ccccc3)N(c3ccccc3)C2=O)c1. The number of anilines is 1. The first kappa shape index (κ1) is 19.0. The molecule has 1 amide bonds. The van der Waals surface area contributed by atoms with Crippen molar-refractivity contribution in [3.8, 4) is 5.75 Å². The summed E-state index contributed by atoms with van der Waals surface area (Å²) in [4.78, 5) is 20.3. The molecule has 0 aromatic heterocycles. The number of hydrogen-bond donors (Lipinski definition) is 0. The minimum Gasteiger partial charge on any atom is -0.494 e. The van der Waals surface area contributed by atoms with Gasteiger partial charge in [-0.25, -0.2) is 4.99 Å². The molecule has 0 bridgehead atoms. The summed E-state index contributed by atoms with van der Waals surface area (Å²) in [5.41, 5.74) is 2.52. The molecule has 29 heavy (non-hydrogen) atoms.